The van der Waals surface area contributed by atoms with E-state index in [0.717, 1.165) is 29.3 Å². The molecule has 0 spiro atoms. The maximum absolute atomic E-state index is 11.5. The summed E-state index contributed by atoms with van der Waals surface area (Å²) >= 11 is 0. The molecule has 22 heavy (non-hydrogen) atoms. The van der Waals surface area contributed by atoms with Crippen molar-refractivity contribution in [3.8, 4) is 18.1 Å². The van der Waals surface area contributed by atoms with Gasteiger partial charge in [-0.1, -0.05) is 19.3 Å². The van der Waals surface area contributed by atoms with E-state index in [4.69, 9.17) is 16.9 Å². The Hall–Kier alpha value is -2.54. The molecule has 1 amide bonds. The molecule has 4 nitrogen and oxygen atoms in total. The summed E-state index contributed by atoms with van der Waals surface area (Å²) in [5.74, 6) is 2.74. The summed E-state index contributed by atoms with van der Waals surface area (Å²) in [7, 11) is 0. The normalized spacial score (nSPS) is 11.9. The van der Waals surface area contributed by atoms with Crippen LogP contribution in [0, 0.1) is 19.3 Å². The van der Waals surface area contributed by atoms with Gasteiger partial charge in [0.1, 0.15) is 5.75 Å². The number of aromatic nitrogens is 1. The van der Waals surface area contributed by atoms with Gasteiger partial charge in [0.15, 0.2) is 6.10 Å². The van der Waals surface area contributed by atoms with Crippen molar-refractivity contribution in [3.63, 3.8) is 0 Å². The van der Waals surface area contributed by atoms with Crippen molar-refractivity contribution in [1.82, 2.24) is 4.98 Å². The van der Waals surface area contributed by atoms with Crippen molar-refractivity contribution in [2.45, 2.75) is 39.2 Å². The van der Waals surface area contributed by atoms with Crippen LogP contribution >= 0.6 is 0 Å². The number of benzene rings is 1. The number of aryl methyl sites for hydroxylation is 1. The first-order valence-corrected chi connectivity index (χ1v) is 7.38. The Bertz CT molecular complexity index is 732. The van der Waals surface area contributed by atoms with Crippen LogP contribution in [0.5, 0.6) is 5.75 Å². The minimum Gasteiger partial charge on any atom is -0.481 e. The highest BCUT2D eigenvalue weighted by Crippen LogP contribution is 2.25. The van der Waals surface area contributed by atoms with Crippen LogP contribution < -0.4 is 10.5 Å². The van der Waals surface area contributed by atoms with E-state index >= 15 is 0 Å². The highest BCUT2D eigenvalue weighted by Gasteiger charge is 2.17. The van der Waals surface area contributed by atoms with E-state index in [1.54, 1.807) is 6.20 Å². The molecule has 1 heterocycles. The van der Waals surface area contributed by atoms with Crippen LogP contribution in [0.2, 0.25) is 0 Å². The summed E-state index contributed by atoms with van der Waals surface area (Å²) in [5, 5.41) is 0.893. The number of ether oxygens (including phenoxy) is 1. The number of primary amides is 1. The first kappa shape index (κ1) is 15.8. The Morgan fingerprint density at radius 3 is 2.86 bits per heavy atom. The molecule has 0 saturated carbocycles. The summed E-state index contributed by atoms with van der Waals surface area (Å²) in [6.45, 7) is 4.01. The number of pyridine rings is 1. The second-order valence-corrected chi connectivity index (χ2v) is 5.33. The molecule has 0 aliphatic rings. The molecule has 0 aliphatic carbocycles. The zero-order valence-electron chi connectivity index (χ0n) is 12.9. The zero-order valence-corrected chi connectivity index (χ0v) is 12.9. The lowest BCUT2D eigenvalue weighted by Crippen LogP contribution is -2.33. The monoisotopic (exact) mass is 296 g/mol. The maximum Gasteiger partial charge on any atom is 0.258 e. The smallest absolute Gasteiger partial charge is 0.258 e. The largest absolute Gasteiger partial charge is 0.481 e. The summed E-state index contributed by atoms with van der Waals surface area (Å²) < 4.78 is 5.79. The molecule has 2 rings (SSSR count). The number of hydrogen-bond donors (Lipinski definition) is 1. The average molecular weight is 296 g/mol. The molecule has 0 bridgehead atoms. The Labute approximate surface area is 130 Å². The van der Waals surface area contributed by atoms with Crippen LogP contribution in [-0.4, -0.2) is 17.0 Å². The van der Waals surface area contributed by atoms with Gasteiger partial charge < -0.3 is 10.5 Å². The summed E-state index contributed by atoms with van der Waals surface area (Å²) in [6.07, 6.45) is 8.96. The van der Waals surface area contributed by atoms with Crippen LogP contribution in [0.1, 0.15) is 37.3 Å². The molecule has 1 unspecified atom stereocenters. The Morgan fingerprint density at radius 2 is 2.23 bits per heavy atom. The quantitative estimate of drug-likeness (QED) is 0.833. The van der Waals surface area contributed by atoms with Gasteiger partial charge in [-0.3, -0.25) is 9.78 Å². The molecule has 0 fully saturated rings. The van der Waals surface area contributed by atoms with Crippen molar-refractivity contribution in [1.29, 1.82) is 0 Å². The third-order valence-corrected chi connectivity index (χ3v) is 3.53. The Balaban J connectivity index is 2.34. The minimum absolute atomic E-state index is 0.443. The van der Waals surface area contributed by atoms with Crippen LogP contribution in [0.15, 0.2) is 24.4 Å². The Kier molecular flexibility index (Phi) is 5.00. The predicted octanol–water partition coefficient (Wildman–Crippen LogP) is 2.95. The minimum atomic E-state index is -0.611. The van der Waals surface area contributed by atoms with E-state index in [2.05, 4.69) is 17.8 Å². The highest BCUT2D eigenvalue weighted by atomic mass is 16.5. The van der Waals surface area contributed by atoms with Crippen LogP contribution in [0.25, 0.3) is 10.9 Å². The van der Waals surface area contributed by atoms with Gasteiger partial charge in [-0.2, -0.15) is 0 Å². The third-order valence-electron chi connectivity index (χ3n) is 3.53. The zero-order chi connectivity index (χ0) is 16.1. The molecule has 1 atom stereocenters. The average Bonchev–Trinajstić information content (AvgIpc) is 2.50. The molecule has 4 heteroatoms. The van der Waals surface area contributed by atoms with Gasteiger partial charge in [0.2, 0.25) is 0 Å². The van der Waals surface area contributed by atoms with Crippen LogP contribution in [-0.2, 0) is 4.79 Å². The predicted molar refractivity (Wildman–Crippen MR) is 87.6 cm³/mol. The molecule has 0 saturated heterocycles. The van der Waals surface area contributed by atoms with Crippen molar-refractivity contribution in [3.05, 3.63) is 35.5 Å². The number of hydrogen-bond acceptors (Lipinski definition) is 3. The standard InChI is InChI=1S/C18H20N2O2/c1-4-6-7-16(18(19)21)22-15-8-12(3)17-14(10-15)9-13(5-2)11-20-17/h2,8-11,16H,4,6-7H2,1,3H3,(H2,19,21). The van der Waals surface area contributed by atoms with E-state index in [9.17, 15) is 4.79 Å². The molecule has 0 radical (unpaired) electrons. The van der Waals surface area contributed by atoms with Gasteiger partial charge >= 0.3 is 0 Å². The number of carbonyl (C=O) groups is 1. The van der Waals surface area contributed by atoms with Gasteiger partial charge in [-0.05, 0) is 43.5 Å². The van der Waals surface area contributed by atoms with E-state index in [1.807, 2.05) is 25.1 Å². The first-order valence-electron chi connectivity index (χ1n) is 7.38. The van der Waals surface area contributed by atoms with Crippen molar-refractivity contribution < 1.29 is 9.53 Å². The fraction of sp³-hybridized carbons (Fsp3) is 0.333. The maximum atomic E-state index is 11.5. The fourth-order valence-corrected chi connectivity index (χ4v) is 2.36. The van der Waals surface area contributed by atoms with Gasteiger partial charge in [-0.25, -0.2) is 0 Å². The fourth-order valence-electron chi connectivity index (χ4n) is 2.36. The van der Waals surface area contributed by atoms with Gasteiger partial charge in [0.05, 0.1) is 5.52 Å². The summed E-state index contributed by atoms with van der Waals surface area (Å²) in [6, 6.07) is 5.60. The molecule has 114 valence electrons. The van der Waals surface area contributed by atoms with Crippen molar-refractivity contribution >= 4 is 16.8 Å². The molecular weight excluding hydrogens is 276 g/mol. The van der Waals surface area contributed by atoms with E-state index < -0.39 is 12.0 Å². The van der Waals surface area contributed by atoms with Crippen LogP contribution in [0.3, 0.4) is 0 Å². The van der Waals surface area contributed by atoms with Crippen molar-refractivity contribution in [2.75, 3.05) is 0 Å². The lowest BCUT2D eigenvalue weighted by atomic mass is 10.1. The number of nitrogens with two attached hydrogens (primary N) is 1. The highest BCUT2D eigenvalue weighted by molar-refractivity contribution is 5.84. The number of unbranched alkanes of at least 4 members (excludes halogenated alkanes) is 1. The molecule has 2 aromatic rings. The first-order chi connectivity index (χ1) is 10.5. The van der Waals surface area contributed by atoms with Crippen LogP contribution in [0.4, 0.5) is 0 Å². The molecule has 0 aliphatic heterocycles. The van der Waals surface area contributed by atoms with Crippen molar-refractivity contribution in [2.24, 2.45) is 5.73 Å². The topological polar surface area (TPSA) is 65.2 Å². The SMILES string of the molecule is C#Cc1cnc2c(C)cc(OC(CCCC)C(N)=O)cc2c1. The second kappa shape index (κ2) is 6.95. The summed E-state index contributed by atoms with van der Waals surface area (Å²) in [5.41, 5.74) is 7.97. The second-order valence-electron chi connectivity index (χ2n) is 5.33. The number of fused-ring (bicyclic) bond motifs is 1. The third kappa shape index (κ3) is 3.56. The molecule has 1 aromatic carbocycles. The van der Waals surface area contributed by atoms with Gasteiger partial charge in [0.25, 0.3) is 5.91 Å². The van der Waals surface area contributed by atoms with Gasteiger partial charge in [-0.15, -0.1) is 6.42 Å². The Morgan fingerprint density at radius 1 is 1.45 bits per heavy atom. The molecular formula is C18H20N2O2. The van der Waals surface area contributed by atoms with E-state index in [1.165, 1.54) is 0 Å². The summed E-state index contributed by atoms with van der Waals surface area (Å²) in [4.78, 5) is 15.9. The lowest BCUT2D eigenvalue weighted by molar-refractivity contribution is -0.125. The number of nitrogens with zero attached hydrogens (tertiary/aromatic N) is 1. The van der Waals surface area contributed by atoms with E-state index in [-0.39, 0.29) is 0 Å². The number of amides is 1. The number of terminal acetylenes is 1. The lowest BCUT2D eigenvalue weighted by Gasteiger charge is -2.17. The number of rotatable bonds is 6. The van der Waals surface area contributed by atoms with Gasteiger partial charge in [0, 0.05) is 17.1 Å². The van der Waals surface area contributed by atoms with E-state index in [0.29, 0.717) is 17.7 Å². The molecule has 2 N–H and O–H groups in total. The number of carbonyl (C=O) groups excluding carboxylic acids is 1. The molecule has 1 aromatic heterocycles.